The van der Waals surface area contributed by atoms with Crippen molar-refractivity contribution in [3.8, 4) is 11.3 Å². The average molecular weight is 495 g/mol. The van der Waals surface area contributed by atoms with Crippen LogP contribution in [0.2, 0.25) is 5.02 Å². The quantitative estimate of drug-likeness (QED) is 0.374. The van der Waals surface area contributed by atoms with E-state index < -0.39 is 10.1 Å². The number of nitrogens with one attached hydrogen (secondary N) is 1. The number of nitrogens with zero attached hydrogens (tertiary/aromatic N) is 3. The van der Waals surface area contributed by atoms with Gasteiger partial charge in [0.1, 0.15) is 5.82 Å². The zero-order chi connectivity index (χ0) is 23.9. The fourth-order valence-corrected chi connectivity index (χ4v) is 4.36. The molecule has 0 unspecified atom stereocenters. The molecule has 2 N–H and O–H groups in total. The summed E-state index contributed by atoms with van der Waals surface area (Å²) in [6.45, 7) is 0.245. The summed E-state index contributed by atoms with van der Waals surface area (Å²) in [5.74, 6) is -0.117. The van der Waals surface area contributed by atoms with Gasteiger partial charge in [-0.3, -0.25) is 9.55 Å². The third-order valence-electron chi connectivity index (χ3n) is 5.30. The van der Waals surface area contributed by atoms with Gasteiger partial charge < -0.3 is 5.32 Å². The number of benzene rings is 3. The molecule has 170 valence electrons. The van der Waals surface area contributed by atoms with Crippen LogP contribution >= 0.6 is 11.6 Å². The Morgan fingerprint density at radius 2 is 1.74 bits per heavy atom. The van der Waals surface area contributed by atoms with Crippen LogP contribution in [0.4, 0.5) is 16.0 Å². The summed E-state index contributed by atoms with van der Waals surface area (Å²) in [6.07, 6.45) is 1.64. The van der Waals surface area contributed by atoms with E-state index in [-0.39, 0.29) is 23.2 Å². The first-order valence-corrected chi connectivity index (χ1v) is 11.9. The number of hydrogen-bond donors (Lipinski definition) is 2. The summed E-state index contributed by atoms with van der Waals surface area (Å²) in [5, 5.41) is 3.51. The van der Waals surface area contributed by atoms with Crippen LogP contribution in [0.15, 0.2) is 82.8 Å². The predicted molar refractivity (Wildman–Crippen MR) is 128 cm³/mol. The lowest BCUT2D eigenvalue weighted by Gasteiger charge is -2.13. The Hall–Kier alpha value is -3.66. The summed E-state index contributed by atoms with van der Waals surface area (Å²) < 4.78 is 46.3. The molecule has 0 spiro atoms. The van der Waals surface area contributed by atoms with Gasteiger partial charge in [-0.15, -0.1) is 0 Å². The van der Waals surface area contributed by atoms with Crippen LogP contribution < -0.4 is 5.32 Å². The Morgan fingerprint density at radius 1 is 0.971 bits per heavy atom. The lowest BCUT2D eigenvalue weighted by molar-refractivity contribution is 0.483. The third kappa shape index (κ3) is 4.28. The minimum atomic E-state index is -4.29. The monoisotopic (exact) mass is 494 g/mol. The topological polar surface area (TPSA) is 105 Å². The van der Waals surface area contributed by atoms with Gasteiger partial charge in [-0.25, -0.2) is 14.4 Å². The maximum atomic E-state index is 14.6. The van der Waals surface area contributed by atoms with Crippen molar-refractivity contribution >= 4 is 39.1 Å². The van der Waals surface area contributed by atoms with Crippen molar-refractivity contribution in [3.63, 3.8) is 0 Å². The zero-order valence-corrected chi connectivity index (χ0v) is 19.0. The molecule has 0 aliphatic carbocycles. The molecule has 5 rings (SSSR count). The maximum Gasteiger partial charge on any atom is 0.294 e. The van der Waals surface area contributed by atoms with Crippen molar-refractivity contribution in [2.24, 2.45) is 4.99 Å². The largest absolute Gasteiger partial charge is 0.324 e. The van der Waals surface area contributed by atoms with E-state index in [2.05, 4.69) is 20.3 Å². The van der Waals surface area contributed by atoms with E-state index in [1.165, 1.54) is 30.3 Å². The van der Waals surface area contributed by atoms with Gasteiger partial charge in [0.05, 0.1) is 22.8 Å². The van der Waals surface area contributed by atoms with Gasteiger partial charge in [0.15, 0.2) is 0 Å². The number of hydrogen-bond acceptors (Lipinski definition) is 6. The SMILES string of the molecule is O=S(=O)(O)c1ccc(Nc2ncc3c(n2)-c2ccc(Cl)cc2C(c2ccccc2F)=NC3)cc1. The van der Waals surface area contributed by atoms with Crippen LogP contribution in [0, 0.1) is 5.82 Å². The molecule has 0 bridgehead atoms. The molecule has 0 amide bonds. The Labute approximate surface area is 199 Å². The van der Waals surface area contributed by atoms with E-state index in [1.807, 2.05) is 6.07 Å². The van der Waals surface area contributed by atoms with E-state index in [9.17, 15) is 12.8 Å². The van der Waals surface area contributed by atoms with Crippen LogP contribution in [0.25, 0.3) is 11.3 Å². The molecule has 4 aromatic rings. The molecular formula is C24H16ClFN4O3S. The van der Waals surface area contributed by atoms with Crippen molar-refractivity contribution < 1.29 is 17.4 Å². The van der Waals surface area contributed by atoms with E-state index in [0.29, 0.717) is 33.2 Å². The summed E-state index contributed by atoms with van der Waals surface area (Å²) >= 11 is 6.28. The van der Waals surface area contributed by atoms with Crippen LogP contribution in [0.1, 0.15) is 16.7 Å². The number of rotatable bonds is 4. The molecule has 1 aliphatic heterocycles. The first-order valence-electron chi connectivity index (χ1n) is 10.1. The highest BCUT2D eigenvalue weighted by Crippen LogP contribution is 2.34. The first kappa shape index (κ1) is 22.1. The van der Waals surface area contributed by atoms with Crippen molar-refractivity contribution in [2.75, 3.05) is 5.32 Å². The van der Waals surface area contributed by atoms with Gasteiger partial charge in [0.2, 0.25) is 5.95 Å². The zero-order valence-electron chi connectivity index (χ0n) is 17.4. The number of aromatic nitrogens is 2. The molecule has 0 saturated heterocycles. The summed E-state index contributed by atoms with van der Waals surface area (Å²) in [5.41, 5.74) is 4.12. The summed E-state index contributed by atoms with van der Waals surface area (Å²) in [7, 11) is -4.29. The van der Waals surface area contributed by atoms with E-state index in [0.717, 1.165) is 11.1 Å². The summed E-state index contributed by atoms with van der Waals surface area (Å²) in [6, 6.07) is 17.2. The molecule has 34 heavy (non-hydrogen) atoms. The van der Waals surface area contributed by atoms with Gasteiger partial charge in [-0.1, -0.05) is 29.8 Å². The highest BCUT2D eigenvalue weighted by molar-refractivity contribution is 7.85. The second-order valence-electron chi connectivity index (χ2n) is 7.53. The minimum absolute atomic E-state index is 0.218. The smallest absolute Gasteiger partial charge is 0.294 e. The highest BCUT2D eigenvalue weighted by atomic mass is 35.5. The molecule has 2 heterocycles. The van der Waals surface area contributed by atoms with Crippen molar-refractivity contribution in [1.29, 1.82) is 0 Å². The van der Waals surface area contributed by atoms with Crippen LogP contribution in [-0.4, -0.2) is 28.7 Å². The van der Waals surface area contributed by atoms with Gasteiger partial charge >= 0.3 is 0 Å². The molecule has 7 nitrogen and oxygen atoms in total. The van der Waals surface area contributed by atoms with E-state index in [4.69, 9.17) is 16.2 Å². The Kier molecular flexibility index (Phi) is 5.60. The molecule has 10 heteroatoms. The lowest BCUT2D eigenvalue weighted by atomic mass is 9.95. The van der Waals surface area contributed by atoms with E-state index >= 15 is 0 Å². The fraction of sp³-hybridized carbons (Fsp3) is 0.0417. The predicted octanol–water partition coefficient (Wildman–Crippen LogP) is 5.28. The molecule has 0 saturated carbocycles. The average Bonchev–Trinajstić information content (AvgIpc) is 2.96. The number of aliphatic imine (C=N–C) groups is 1. The van der Waals surface area contributed by atoms with Gasteiger partial charge in [-0.05, 0) is 48.5 Å². The third-order valence-corrected chi connectivity index (χ3v) is 6.40. The Bertz CT molecular complexity index is 1560. The summed E-state index contributed by atoms with van der Waals surface area (Å²) in [4.78, 5) is 13.5. The van der Waals surface area contributed by atoms with Crippen molar-refractivity contribution in [1.82, 2.24) is 9.97 Å². The van der Waals surface area contributed by atoms with Crippen molar-refractivity contribution in [2.45, 2.75) is 11.4 Å². The molecule has 1 aliphatic rings. The normalized spacial score (nSPS) is 12.9. The molecule has 0 radical (unpaired) electrons. The number of halogens is 2. The number of fused-ring (bicyclic) bond motifs is 3. The lowest BCUT2D eigenvalue weighted by Crippen LogP contribution is -2.07. The van der Waals surface area contributed by atoms with Crippen LogP contribution in [0.5, 0.6) is 0 Å². The maximum absolute atomic E-state index is 14.6. The Balaban J connectivity index is 1.56. The Morgan fingerprint density at radius 3 is 2.47 bits per heavy atom. The molecule has 0 fully saturated rings. The second kappa shape index (κ2) is 8.60. The molecule has 0 atom stereocenters. The van der Waals surface area contributed by atoms with Gasteiger partial charge in [0.25, 0.3) is 10.1 Å². The van der Waals surface area contributed by atoms with Crippen LogP contribution in [-0.2, 0) is 16.7 Å². The van der Waals surface area contributed by atoms with Gasteiger partial charge in [0, 0.05) is 39.2 Å². The number of anilines is 2. The van der Waals surface area contributed by atoms with Gasteiger partial charge in [-0.2, -0.15) is 8.42 Å². The molecule has 1 aromatic heterocycles. The highest BCUT2D eigenvalue weighted by Gasteiger charge is 2.23. The van der Waals surface area contributed by atoms with Crippen LogP contribution in [0.3, 0.4) is 0 Å². The molecule has 3 aromatic carbocycles. The fourth-order valence-electron chi connectivity index (χ4n) is 3.71. The van der Waals surface area contributed by atoms with E-state index in [1.54, 1.807) is 36.5 Å². The molecular weight excluding hydrogens is 479 g/mol. The second-order valence-corrected chi connectivity index (χ2v) is 9.38. The first-order chi connectivity index (χ1) is 16.3. The minimum Gasteiger partial charge on any atom is -0.324 e. The van der Waals surface area contributed by atoms with Crippen molar-refractivity contribution in [3.05, 3.63) is 100 Å². The standard InChI is InChI=1S/C24H16ClFN4O3S/c25-15-5-10-18-20(11-15)23(19-3-1-2-4-21(19)26)27-12-14-13-28-24(30-22(14)18)29-16-6-8-17(9-7-16)34(31,32)33/h1-11,13H,12H2,(H,28,29,30)(H,31,32,33).